The minimum atomic E-state index is -0.0703. The number of ether oxygens (including phenoxy) is 3. The second-order valence-corrected chi connectivity index (χ2v) is 20.5. The van der Waals surface area contributed by atoms with Gasteiger partial charge in [0.05, 0.1) is 13.2 Å². The molecule has 7 nitrogen and oxygen atoms in total. The molecule has 7 heteroatoms. The fourth-order valence-corrected chi connectivity index (χ4v) is 8.17. The second kappa shape index (κ2) is 34.0. The molecule has 58 heavy (non-hydrogen) atoms. The third-order valence-corrected chi connectivity index (χ3v) is 13.3. The Balaban J connectivity index is 4.70. The first-order valence-corrected chi connectivity index (χ1v) is 24.5. The molecule has 0 N–H and O–H groups in total. The van der Waals surface area contributed by atoms with Gasteiger partial charge in [0.25, 0.3) is 0 Å². The van der Waals surface area contributed by atoms with Gasteiger partial charge < -0.3 is 19.1 Å². The maximum Gasteiger partial charge on any atom is 0.306 e. The van der Waals surface area contributed by atoms with Gasteiger partial charge in [-0.3, -0.25) is 14.4 Å². The van der Waals surface area contributed by atoms with Crippen molar-refractivity contribution in [3.05, 3.63) is 0 Å². The minimum absolute atomic E-state index is 0.0391. The predicted molar refractivity (Wildman–Crippen MR) is 246 cm³/mol. The monoisotopic (exact) mass is 822 g/mol. The number of hydrogen-bond acceptors (Lipinski definition) is 7. The highest BCUT2D eigenvalue weighted by Crippen LogP contribution is 2.28. The van der Waals surface area contributed by atoms with Crippen LogP contribution in [0.1, 0.15) is 212 Å². The summed E-state index contributed by atoms with van der Waals surface area (Å²) in [7, 11) is 4.07. The van der Waals surface area contributed by atoms with E-state index in [-0.39, 0.29) is 24.0 Å². The molecule has 0 aliphatic rings. The summed E-state index contributed by atoms with van der Waals surface area (Å²) in [6, 6.07) is 0. The van der Waals surface area contributed by atoms with Crippen LogP contribution in [0.2, 0.25) is 0 Å². The SMILES string of the molecule is CC(C)CCC(CCOC(=O)CCCC(C)C(C)CCCC(CCCC(C)C(C)CCCC(=O)OCCC(CCC(C)C)C(C)C)OC(=O)CCCN(C)C)C(C)C. The quantitative estimate of drug-likeness (QED) is 0.0456. The molecule has 0 heterocycles. The highest BCUT2D eigenvalue weighted by atomic mass is 16.5. The van der Waals surface area contributed by atoms with Crippen LogP contribution in [0, 0.1) is 59.2 Å². The number of esters is 3. The molecule has 0 aliphatic heterocycles. The highest BCUT2D eigenvalue weighted by molar-refractivity contribution is 5.70. The molecule has 0 radical (unpaired) electrons. The fourth-order valence-electron chi connectivity index (χ4n) is 8.17. The summed E-state index contributed by atoms with van der Waals surface area (Å²) in [4.78, 5) is 39.9. The van der Waals surface area contributed by atoms with Crippen molar-refractivity contribution in [1.82, 2.24) is 4.90 Å². The van der Waals surface area contributed by atoms with Gasteiger partial charge in [-0.25, -0.2) is 0 Å². The summed E-state index contributed by atoms with van der Waals surface area (Å²) in [5.74, 6) is 5.87. The Bertz CT molecular complexity index is 958. The molecular weight excluding hydrogens is 723 g/mol. The number of carbonyl (C=O) groups is 3. The topological polar surface area (TPSA) is 82.1 Å². The normalized spacial score (nSPS) is 15.8. The van der Waals surface area contributed by atoms with Crippen LogP contribution < -0.4 is 0 Å². The first kappa shape index (κ1) is 56.4. The molecule has 0 aromatic carbocycles. The number of carbonyl (C=O) groups excluding carboxylic acids is 3. The van der Waals surface area contributed by atoms with Crippen LogP contribution in [-0.2, 0) is 28.6 Å². The third kappa shape index (κ3) is 31.3. The first-order valence-electron chi connectivity index (χ1n) is 24.5. The minimum Gasteiger partial charge on any atom is -0.466 e. The molecule has 0 spiro atoms. The lowest BCUT2D eigenvalue weighted by Gasteiger charge is -2.24. The van der Waals surface area contributed by atoms with Crippen molar-refractivity contribution in [2.45, 2.75) is 218 Å². The number of hydrogen-bond donors (Lipinski definition) is 0. The van der Waals surface area contributed by atoms with Gasteiger partial charge in [0.2, 0.25) is 0 Å². The largest absolute Gasteiger partial charge is 0.466 e. The Morgan fingerprint density at radius 3 is 1.12 bits per heavy atom. The molecule has 0 bridgehead atoms. The van der Waals surface area contributed by atoms with E-state index in [2.05, 4.69) is 88.0 Å². The molecule has 0 aliphatic carbocycles. The van der Waals surface area contributed by atoms with Crippen molar-refractivity contribution in [2.24, 2.45) is 59.2 Å². The van der Waals surface area contributed by atoms with E-state index in [1.54, 1.807) is 0 Å². The van der Waals surface area contributed by atoms with Crippen molar-refractivity contribution in [3.63, 3.8) is 0 Å². The van der Waals surface area contributed by atoms with Crippen molar-refractivity contribution in [2.75, 3.05) is 33.9 Å². The third-order valence-electron chi connectivity index (χ3n) is 13.3. The molecule has 0 aromatic heterocycles. The summed E-state index contributed by atoms with van der Waals surface area (Å²) in [6.07, 6.45) is 18.9. The summed E-state index contributed by atoms with van der Waals surface area (Å²) in [5, 5.41) is 0. The van der Waals surface area contributed by atoms with E-state index in [1.165, 1.54) is 25.7 Å². The van der Waals surface area contributed by atoms with E-state index in [1.807, 2.05) is 14.1 Å². The van der Waals surface area contributed by atoms with Gasteiger partial charge in [0, 0.05) is 19.3 Å². The van der Waals surface area contributed by atoms with Crippen LogP contribution >= 0.6 is 0 Å². The standard InChI is InChI=1S/C51H99NO6/c1-38(2)29-31-46(40(5)6)33-36-56-49(53)26-17-22-44(11)42(9)20-15-24-48(58-51(55)28-19-35-52(13)14)25-16-21-43(10)45(12)23-18-27-50(54)57-37-34-47(41(7)8)32-30-39(3)4/h38-48H,15-37H2,1-14H3. The average molecular weight is 822 g/mol. The Kier molecular flexibility index (Phi) is 33.1. The van der Waals surface area contributed by atoms with E-state index in [0.29, 0.717) is 91.7 Å². The van der Waals surface area contributed by atoms with Gasteiger partial charge >= 0.3 is 17.9 Å². The van der Waals surface area contributed by atoms with Gasteiger partial charge in [0.15, 0.2) is 0 Å². The van der Waals surface area contributed by atoms with Gasteiger partial charge in [-0.15, -0.1) is 0 Å². The lowest BCUT2D eigenvalue weighted by Crippen LogP contribution is -2.21. The van der Waals surface area contributed by atoms with Crippen molar-refractivity contribution >= 4 is 17.9 Å². The molecule has 0 rings (SSSR count). The van der Waals surface area contributed by atoms with Crippen LogP contribution in [0.4, 0.5) is 0 Å². The Hall–Kier alpha value is -1.63. The van der Waals surface area contributed by atoms with Crippen molar-refractivity contribution in [1.29, 1.82) is 0 Å². The zero-order valence-corrected chi connectivity index (χ0v) is 41.0. The first-order chi connectivity index (χ1) is 27.3. The summed E-state index contributed by atoms with van der Waals surface area (Å²) in [5.41, 5.74) is 0. The van der Waals surface area contributed by atoms with Gasteiger partial charge in [-0.2, -0.15) is 0 Å². The Labute approximate surface area is 361 Å². The van der Waals surface area contributed by atoms with Gasteiger partial charge in [0.1, 0.15) is 6.10 Å². The Morgan fingerprint density at radius 2 is 0.776 bits per heavy atom. The zero-order valence-electron chi connectivity index (χ0n) is 41.0. The van der Waals surface area contributed by atoms with Crippen molar-refractivity contribution < 1.29 is 28.6 Å². The molecule has 0 fully saturated rings. The zero-order chi connectivity index (χ0) is 44.0. The van der Waals surface area contributed by atoms with E-state index in [0.717, 1.165) is 90.0 Å². The van der Waals surface area contributed by atoms with Crippen molar-refractivity contribution in [3.8, 4) is 0 Å². The fraction of sp³-hybridized carbons (Fsp3) is 0.941. The maximum atomic E-state index is 12.8. The molecule has 6 unspecified atom stereocenters. The molecular formula is C51H99NO6. The molecule has 0 saturated carbocycles. The second-order valence-electron chi connectivity index (χ2n) is 20.5. The molecule has 344 valence electrons. The Morgan fingerprint density at radius 1 is 0.414 bits per heavy atom. The van der Waals surface area contributed by atoms with E-state index in [4.69, 9.17) is 14.2 Å². The number of nitrogens with zero attached hydrogens (tertiary/aromatic N) is 1. The summed E-state index contributed by atoms with van der Waals surface area (Å²) >= 11 is 0. The molecule has 6 atom stereocenters. The van der Waals surface area contributed by atoms with Gasteiger partial charge in [-0.05, 0) is 163 Å². The van der Waals surface area contributed by atoms with Crippen LogP contribution in [0.25, 0.3) is 0 Å². The summed E-state index contributed by atoms with van der Waals surface area (Å²) < 4.78 is 17.4. The smallest absolute Gasteiger partial charge is 0.306 e. The molecule has 0 amide bonds. The van der Waals surface area contributed by atoms with Crippen LogP contribution in [0.15, 0.2) is 0 Å². The van der Waals surface area contributed by atoms with Crippen LogP contribution in [0.5, 0.6) is 0 Å². The van der Waals surface area contributed by atoms with Crippen LogP contribution in [0.3, 0.4) is 0 Å². The lowest BCUT2D eigenvalue weighted by atomic mass is 9.85. The predicted octanol–water partition coefficient (Wildman–Crippen LogP) is 13.7. The maximum absolute atomic E-state index is 12.8. The van der Waals surface area contributed by atoms with Crippen LogP contribution in [-0.4, -0.2) is 62.8 Å². The molecule has 0 aromatic rings. The van der Waals surface area contributed by atoms with Gasteiger partial charge in [-0.1, -0.05) is 109 Å². The van der Waals surface area contributed by atoms with E-state index >= 15 is 0 Å². The number of rotatable bonds is 37. The van der Waals surface area contributed by atoms with E-state index in [9.17, 15) is 14.4 Å². The highest BCUT2D eigenvalue weighted by Gasteiger charge is 2.21. The van der Waals surface area contributed by atoms with E-state index < -0.39 is 0 Å². The molecule has 0 saturated heterocycles. The summed E-state index contributed by atoms with van der Waals surface area (Å²) in [6.45, 7) is 29.5. The average Bonchev–Trinajstić information content (AvgIpc) is 3.13. The lowest BCUT2D eigenvalue weighted by molar-refractivity contribution is -0.150.